The Hall–Kier alpha value is -2.93. The minimum absolute atomic E-state index is 0.267. The van der Waals surface area contributed by atoms with Crippen LogP contribution in [-0.2, 0) is 11.3 Å². The predicted molar refractivity (Wildman–Crippen MR) is 132 cm³/mol. The van der Waals surface area contributed by atoms with Gasteiger partial charge in [0.05, 0.1) is 36.3 Å². The van der Waals surface area contributed by atoms with Gasteiger partial charge in [-0.1, -0.05) is 49.4 Å². The number of aryl methyl sites for hydroxylation is 1. The summed E-state index contributed by atoms with van der Waals surface area (Å²) in [5, 5.41) is 15.4. The van der Waals surface area contributed by atoms with Gasteiger partial charge in [-0.25, -0.2) is 4.68 Å². The average molecular weight is 450 g/mol. The second-order valence-electron chi connectivity index (χ2n) is 8.20. The molecule has 0 aliphatic rings. The Morgan fingerprint density at radius 3 is 2.42 bits per heavy atom. The van der Waals surface area contributed by atoms with Crippen LogP contribution < -0.4 is 4.74 Å². The lowest BCUT2D eigenvalue weighted by atomic mass is 10.1. The fourth-order valence-electron chi connectivity index (χ4n) is 3.64. The highest BCUT2D eigenvalue weighted by atomic mass is 16.5. The van der Waals surface area contributed by atoms with E-state index in [9.17, 15) is 5.11 Å². The van der Waals surface area contributed by atoms with Crippen LogP contribution in [0.15, 0.2) is 73.3 Å². The Kier molecular flexibility index (Phi) is 9.24. The molecule has 6 heteroatoms. The Morgan fingerprint density at radius 2 is 1.79 bits per heavy atom. The van der Waals surface area contributed by atoms with Gasteiger partial charge in [0.1, 0.15) is 5.75 Å². The SMILES string of the molecule is C=CCOC[C@@H](O)CN(Cc1c(C)nn(-c2ccccc2)c1Oc1ccccc1)[C@@H](C)CC. The maximum atomic E-state index is 10.6. The van der Waals surface area contributed by atoms with E-state index >= 15 is 0 Å². The third-order valence-corrected chi connectivity index (χ3v) is 5.66. The number of para-hydroxylation sites is 2. The van der Waals surface area contributed by atoms with Crippen LogP contribution in [0.2, 0.25) is 0 Å². The van der Waals surface area contributed by atoms with Crippen molar-refractivity contribution in [3.63, 3.8) is 0 Å². The lowest BCUT2D eigenvalue weighted by molar-refractivity contribution is 0.0155. The van der Waals surface area contributed by atoms with Crippen molar-refractivity contribution in [2.75, 3.05) is 19.8 Å². The fourth-order valence-corrected chi connectivity index (χ4v) is 3.64. The summed E-state index contributed by atoms with van der Waals surface area (Å²) in [4.78, 5) is 2.26. The minimum atomic E-state index is -0.595. The summed E-state index contributed by atoms with van der Waals surface area (Å²) in [5.41, 5.74) is 2.84. The fraction of sp³-hybridized carbons (Fsp3) is 0.370. The standard InChI is InChI=1S/C27H35N3O3/c1-5-17-32-20-24(31)18-29(21(3)6-2)19-26-22(4)28-30(23-13-9-7-10-14-23)27(26)33-25-15-11-8-12-16-25/h5,7-16,21,24,31H,1,6,17-20H2,2-4H3/t21-,24-/m0/s1. The molecule has 0 saturated heterocycles. The van der Waals surface area contributed by atoms with E-state index in [-0.39, 0.29) is 12.6 Å². The molecule has 1 aromatic heterocycles. The second-order valence-corrected chi connectivity index (χ2v) is 8.20. The van der Waals surface area contributed by atoms with Crippen LogP contribution in [-0.4, -0.2) is 51.7 Å². The molecule has 3 aromatic rings. The summed E-state index contributed by atoms with van der Waals surface area (Å²) in [6.45, 7) is 11.8. The van der Waals surface area contributed by atoms with Crippen LogP contribution in [0, 0.1) is 6.92 Å². The molecule has 3 rings (SSSR count). The minimum Gasteiger partial charge on any atom is -0.439 e. The molecule has 176 valence electrons. The van der Waals surface area contributed by atoms with Gasteiger partial charge in [0.25, 0.3) is 0 Å². The monoisotopic (exact) mass is 449 g/mol. The molecule has 6 nitrogen and oxygen atoms in total. The van der Waals surface area contributed by atoms with Gasteiger partial charge in [-0.15, -0.1) is 6.58 Å². The normalized spacial score (nSPS) is 13.1. The van der Waals surface area contributed by atoms with Gasteiger partial charge >= 0.3 is 0 Å². The van der Waals surface area contributed by atoms with Crippen molar-refractivity contribution in [2.24, 2.45) is 0 Å². The zero-order valence-corrected chi connectivity index (χ0v) is 19.9. The number of hydrogen-bond acceptors (Lipinski definition) is 5. The van der Waals surface area contributed by atoms with Gasteiger partial charge in [-0.3, -0.25) is 4.90 Å². The van der Waals surface area contributed by atoms with Crippen LogP contribution in [0.3, 0.4) is 0 Å². The van der Waals surface area contributed by atoms with Gasteiger partial charge in [0.2, 0.25) is 5.88 Å². The third kappa shape index (κ3) is 6.78. The molecule has 0 aliphatic carbocycles. The van der Waals surface area contributed by atoms with Crippen molar-refractivity contribution in [2.45, 2.75) is 45.9 Å². The first-order chi connectivity index (χ1) is 16.0. The maximum absolute atomic E-state index is 10.6. The molecule has 0 aliphatic heterocycles. The van der Waals surface area contributed by atoms with Gasteiger partial charge in [-0.2, -0.15) is 5.10 Å². The van der Waals surface area contributed by atoms with E-state index in [1.807, 2.05) is 72.3 Å². The molecule has 0 saturated carbocycles. The topological polar surface area (TPSA) is 59.8 Å². The molecule has 1 N–H and O–H groups in total. The van der Waals surface area contributed by atoms with Crippen molar-refractivity contribution in [1.29, 1.82) is 0 Å². The molecule has 0 fully saturated rings. The summed E-state index contributed by atoms with van der Waals surface area (Å²) < 4.78 is 13.7. The lowest BCUT2D eigenvalue weighted by Crippen LogP contribution is -2.40. The zero-order chi connectivity index (χ0) is 23.6. The summed E-state index contributed by atoms with van der Waals surface area (Å²) in [6, 6.07) is 20.0. The average Bonchev–Trinajstić information content (AvgIpc) is 3.14. The van der Waals surface area contributed by atoms with Gasteiger partial charge in [0, 0.05) is 19.1 Å². The molecular formula is C27H35N3O3. The number of hydrogen-bond donors (Lipinski definition) is 1. The summed E-state index contributed by atoms with van der Waals surface area (Å²) >= 11 is 0. The van der Waals surface area contributed by atoms with Crippen molar-refractivity contribution in [3.8, 4) is 17.3 Å². The summed E-state index contributed by atoms with van der Waals surface area (Å²) in [5.74, 6) is 1.44. The van der Waals surface area contributed by atoms with E-state index in [0.29, 0.717) is 25.6 Å². The molecule has 0 unspecified atom stereocenters. The Morgan fingerprint density at radius 1 is 1.12 bits per heavy atom. The number of aromatic nitrogens is 2. The van der Waals surface area contributed by atoms with Gasteiger partial charge < -0.3 is 14.6 Å². The third-order valence-electron chi connectivity index (χ3n) is 5.66. The maximum Gasteiger partial charge on any atom is 0.227 e. The highest BCUT2D eigenvalue weighted by Crippen LogP contribution is 2.32. The Labute approximate surface area is 197 Å². The molecule has 2 atom stereocenters. The van der Waals surface area contributed by atoms with Crippen LogP contribution in [0.1, 0.15) is 31.5 Å². The predicted octanol–water partition coefficient (Wildman–Crippen LogP) is 5.14. The highest BCUT2D eigenvalue weighted by molar-refractivity contribution is 5.43. The second kappa shape index (κ2) is 12.3. The quantitative estimate of drug-likeness (QED) is 0.289. The van der Waals surface area contributed by atoms with Crippen molar-refractivity contribution >= 4 is 0 Å². The van der Waals surface area contributed by atoms with E-state index in [1.165, 1.54) is 0 Å². The van der Waals surface area contributed by atoms with E-state index in [4.69, 9.17) is 14.6 Å². The molecule has 0 spiro atoms. The first kappa shape index (κ1) is 24.7. The van der Waals surface area contributed by atoms with Crippen LogP contribution in [0.4, 0.5) is 0 Å². The summed E-state index contributed by atoms with van der Waals surface area (Å²) in [6.07, 6.45) is 2.05. The van der Waals surface area contributed by atoms with Crippen molar-refractivity contribution < 1.29 is 14.6 Å². The van der Waals surface area contributed by atoms with Crippen molar-refractivity contribution in [1.82, 2.24) is 14.7 Å². The Balaban J connectivity index is 1.93. The number of rotatable bonds is 13. The first-order valence-corrected chi connectivity index (χ1v) is 11.5. The van der Waals surface area contributed by atoms with E-state index in [0.717, 1.165) is 29.1 Å². The first-order valence-electron chi connectivity index (χ1n) is 11.5. The van der Waals surface area contributed by atoms with Gasteiger partial charge in [-0.05, 0) is 44.5 Å². The number of ether oxygens (including phenoxy) is 2. The van der Waals surface area contributed by atoms with Crippen molar-refractivity contribution in [3.05, 3.63) is 84.6 Å². The summed E-state index contributed by atoms with van der Waals surface area (Å²) in [7, 11) is 0. The molecule has 2 aromatic carbocycles. The number of aliphatic hydroxyl groups excluding tert-OH is 1. The van der Waals surface area contributed by atoms with Gasteiger partial charge in [0.15, 0.2) is 0 Å². The number of nitrogens with zero attached hydrogens (tertiary/aromatic N) is 3. The Bertz CT molecular complexity index is 989. The molecule has 0 bridgehead atoms. The molecule has 33 heavy (non-hydrogen) atoms. The highest BCUT2D eigenvalue weighted by Gasteiger charge is 2.24. The zero-order valence-electron chi connectivity index (χ0n) is 19.9. The van der Waals surface area contributed by atoms with E-state index < -0.39 is 6.10 Å². The lowest BCUT2D eigenvalue weighted by Gasteiger charge is -2.30. The smallest absolute Gasteiger partial charge is 0.227 e. The number of benzene rings is 2. The molecule has 1 heterocycles. The molecule has 0 radical (unpaired) electrons. The van der Waals surface area contributed by atoms with Crippen LogP contribution >= 0.6 is 0 Å². The van der Waals surface area contributed by atoms with Crippen LogP contribution in [0.5, 0.6) is 11.6 Å². The number of aliphatic hydroxyl groups is 1. The van der Waals surface area contributed by atoms with Crippen LogP contribution in [0.25, 0.3) is 5.69 Å². The molecular weight excluding hydrogens is 414 g/mol. The van der Waals surface area contributed by atoms with E-state index in [1.54, 1.807) is 6.08 Å². The van der Waals surface area contributed by atoms with E-state index in [2.05, 4.69) is 25.3 Å². The largest absolute Gasteiger partial charge is 0.439 e. The molecule has 0 amide bonds.